The summed E-state index contributed by atoms with van der Waals surface area (Å²) in [6, 6.07) is 9.21. The van der Waals surface area contributed by atoms with Crippen LogP contribution in [0.25, 0.3) is 0 Å². The Bertz CT molecular complexity index is 539. The first kappa shape index (κ1) is 14.5. The van der Waals surface area contributed by atoms with Crippen LogP contribution in [0.1, 0.15) is 24.8 Å². The lowest BCUT2D eigenvalue weighted by molar-refractivity contribution is 0.00864. The Hall–Kier alpha value is -1.10. The summed E-state index contributed by atoms with van der Waals surface area (Å²) >= 11 is 0. The van der Waals surface area contributed by atoms with E-state index in [1.807, 2.05) is 0 Å². The molecule has 2 N–H and O–H groups in total. The van der Waals surface area contributed by atoms with Gasteiger partial charge in [-0.3, -0.25) is 4.90 Å². The summed E-state index contributed by atoms with van der Waals surface area (Å²) in [6.45, 7) is 5.24. The fourth-order valence-electron chi connectivity index (χ4n) is 4.79. The van der Waals surface area contributed by atoms with E-state index in [2.05, 4.69) is 46.4 Å². The molecule has 22 heavy (non-hydrogen) atoms. The first-order valence-electron chi connectivity index (χ1n) is 8.63. The molecule has 2 atom stereocenters. The standard InChI is InChI=1S/C18H27N3O/c1-20-13-18(14-4-2-3-5-15(14)20)7-10-21(11-8-18)16-12-19-9-6-17(16)22/h2-5,16-17,19,22H,6-13H2,1H3/t16-,17-/m1/s1. The van der Waals surface area contributed by atoms with Crippen LogP contribution in [0.2, 0.25) is 0 Å². The summed E-state index contributed by atoms with van der Waals surface area (Å²) in [5.41, 5.74) is 3.28. The molecule has 0 amide bonds. The van der Waals surface area contributed by atoms with Crippen LogP contribution in [-0.4, -0.2) is 61.9 Å². The van der Waals surface area contributed by atoms with E-state index in [1.165, 1.54) is 18.5 Å². The molecule has 0 aliphatic carbocycles. The lowest BCUT2D eigenvalue weighted by Gasteiger charge is -2.45. The number of likely N-dealkylation sites (tertiary alicyclic amines) is 1. The summed E-state index contributed by atoms with van der Waals surface area (Å²) in [7, 11) is 2.22. The van der Waals surface area contributed by atoms with Gasteiger partial charge in [0.1, 0.15) is 0 Å². The Balaban J connectivity index is 1.50. The number of nitrogens with one attached hydrogen (secondary N) is 1. The van der Waals surface area contributed by atoms with Gasteiger partial charge in [0.25, 0.3) is 0 Å². The molecule has 0 aromatic heterocycles. The first-order chi connectivity index (χ1) is 10.7. The van der Waals surface area contributed by atoms with Gasteiger partial charge in [-0.15, -0.1) is 0 Å². The number of fused-ring (bicyclic) bond motifs is 2. The third-order valence-corrected chi connectivity index (χ3v) is 6.07. The zero-order chi connectivity index (χ0) is 15.2. The van der Waals surface area contributed by atoms with E-state index in [-0.39, 0.29) is 6.10 Å². The monoisotopic (exact) mass is 301 g/mol. The second kappa shape index (κ2) is 5.52. The van der Waals surface area contributed by atoms with Gasteiger partial charge in [-0.1, -0.05) is 18.2 Å². The average molecular weight is 301 g/mol. The van der Waals surface area contributed by atoms with Crippen LogP contribution in [0.3, 0.4) is 0 Å². The highest BCUT2D eigenvalue weighted by atomic mass is 16.3. The van der Waals surface area contributed by atoms with Gasteiger partial charge in [-0.25, -0.2) is 0 Å². The topological polar surface area (TPSA) is 38.7 Å². The van der Waals surface area contributed by atoms with Crippen molar-refractivity contribution in [2.75, 3.05) is 44.7 Å². The highest BCUT2D eigenvalue weighted by Crippen LogP contribution is 2.46. The van der Waals surface area contributed by atoms with Crippen molar-refractivity contribution in [3.8, 4) is 0 Å². The second-order valence-corrected chi connectivity index (χ2v) is 7.32. The molecule has 0 radical (unpaired) electrons. The normalized spacial score (nSPS) is 31.5. The van der Waals surface area contributed by atoms with Crippen LogP contribution >= 0.6 is 0 Å². The quantitative estimate of drug-likeness (QED) is 0.817. The van der Waals surface area contributed by atoms with Gasteiger partial charge in [-0.05, 0) is 50.5 Å². The number of hydrogen-bond acceptors (Lipinski definition) is 4. The number of anilines is 1. The van der Waals surface area contributed by atoms with E-state index >= 15 is 0 Å². The summed E-state index contributed by atoms with van der Waals surface area (Å²) in [6.07, 6.45) is 3.14. The van der Waals surface area contributed by atoms with Crippen molar-refractivity contribution < 1.29 is 5.11 Å². The van der Waals surface area contributed by atoms with E-state index in [1.54, 1.807) is 5.56 Å². The molecule has 4 heteroatoms. The van der Waals surface area contributed by atoms with Crippen LogP contribution in [-0.2, 0) is 5.41 Å². The Morgan fingerprint density at radius 3 is 2.77 bits per heavy atom. The highest BCUT2D eigenvalue weighted by Gasteiger charge is 2.44. The first-order valence-corrected chi connectivity index (χ1v) is 8.63. The van der Waals surface area contributed by atoms with Crippen LogP contribution in [0.15, 0.2) is 24.3 Å². The molecule has 120 valence electrons. The third-order valence-electron chi connectivity index (χ3n) is 6.07. The molecule has 3 aliphatic rings. The maximum Gasteiger partial charge on any atom is 0.0719 e. The maximum atomic E-state index is 10.3. The summed E-state index contributed by atoms with van der Waals surface area (Å²) in [5.74, 6) is 0. The molecule has 4 nitrogen and oxygen atoms in total. The molecule has 1 spiro atoms. The van der Waals surface area contributed by atoms with Crippen molar-refractivity contribution in [3.05, 3.63) is 29.8 Å². The lowest BCUT2D eigenvalue weighted by Crippen LogP contribution is -2.57. The minimum atomic E-state index is -0.158. The summed E-state index contributed by atoms with van der Waals surface area (Å²) in [5, 5.41) is 13.7. The zero-order valence-corrected chi connectivity index (χ0v) is 13.5. The molecule has 2 fully saturated rings. The van der Waals surface area contributed by atoms with Crippen LogP contribution in [0.4, 0.5) is 5.69 Å². The molecule has 1 aromatic carbocycles. The van der Waals surface area contributed by atoms with Gasteiger partial charge >= 0.3 is 0 Å². The van der Waals surface area contributed by atoms with Crippen LogP contribution in [0, 0.1) is 0 Å². The van der Waals surface area contributed by atoms with Gasteiger partial charge in [0.15, 0.2) is 0 Å². The van der Waals surface area contributed by atoms with E-state index in [0.717, 1.165) is 39.1 Å². The van der Waals surface area contributed by atoms with Gasteiger partial charge in [0.05, 0.1) is 6.10 Å². The molecule has 4 rings (SSSR count). The molecule has 3 heterocycles. The number of aliphatic hydroxyl groups is 1. The maximum absolute atomic E-state index is 10.3. The molecule has 2 saturated heterocycles. The Morgan fingerprint density at radius 2 is 2.00 bits per heavy atom. The van der Waals surface area contributed by atoms with E-state index in [4.69, 9.17) is 0 Å². The minimum absolute atomic E-state index is 0.158. The number of piperidine rings is 2. The Kier molecular flexibility index (Phi) is 3.63. The van der Waals surface area contributed by atoms with Gasteiger partial charge < -0.3 is 15.3 Å². The van der Waals surface area contributed by atoms with E-state index < -0.39 is 0 Å². The Morgan fingerprint density at radius 1 is 1.23 bits per heavy atom. The number of rotatable bonds is 1. The average Bonchev–Trinajstić information content (AvgIpc) is 2.82. The predicted octanol–water partition coefficient (Wildman–Crippen LogP) is 1.19. The van der Waals surface area contributed by atoms with E-state index in [9.17, 15) is 5.11 Å². The van der Waals surface area contributed by atoms with Crippen molar-refractivity contribution in [2.24, 2.45) is 0 Å². The summed E-state index contributed by atoms with van der Waals surface area (Å²) in [4.78, 5) is 4.94. The highest BCUT2D eigenvalue weighted by molar-refractivity contribution is 5.62. The molecule has 1 aromatic rings. The number of para-hydroxylation sites is 1. The number of hydrogen-bond donors (Lipinski definition) is 2. The predicted molar refractivity (Wildman–Crippen MR) is 89.5 cm³/mol. The minimum Gasteiger partial charge on any atom is -0.391 e. The van der Waals surface area contributed by atoms with Gasteiger partial charge in [0.2, 0.25) is 0 Å². The molecular weight excluding hydrogens is 274 g/mol. The SMILES string of the molecule is CN1CC2(CCN([C@@H]3CNCC[C@H]3O)CC2)c2ccccc21. The smallest absolute Gasteiger partial charge is 0.0719 e. The molecule has 0 bridgehead atoms. The fraction of sp³-hybridized carbons (Fsp3) is 0.667. The lowest BCUT2D eigenvalue weighted by atomic mass is 9.74. The van der Waals surface area contributed by atoms with Crippen molar-refractivity contribution >= 4 is 5.69 Å². The van der Waals surface area contributed by atoms with E-state index in [0.29, 0.717) is 11.5 Å². The molecular formula is C18H27N3O. The number of aliphatic hydroxyl groups excluding tert-OH is 1. The molecule has 0 unspecified atom stereocenters. The number of likely N-dealkylation sites (N-methyl/N-ethyl adjacent to an activating group) is 1. The zero-order valence-electron chi connectivity index (χ0n) is 13.5. The fourth-order valence-corrected chi connectivity index (χ4v) is 4.79. The van der Waals surface area contributed by atoms with Crippen molar-refractivity contribution in [2.45, 2.75) is 36.8 Å². The van der Waals surface area contributed by atoms with Gasteiger partial charge in [-0.2, -0.15) is 0 Å². The number of benzene rings is 1. The summed E-state index contributed by atoms with van der Waals surface area (Å²) < 4.78 is 0. The third kappa shape index (κ3) is 2.25. The number of nitrogens with zero attached hydrogens (tertiary/aromatic N) is 2. The van der Waals surface area contributed by atoms with Gasteiger partial charge in [0, 0.05) is 37.3 Å². The van der Waals surface area contributed by atoms with Crippen LogP contribution in [0.5, 0.6) is 0 Å². The van der Waals surface area contributed by atoms with Crippen molar-refractivity contribution in [3.63, 3.8) is 0 Å². The van der Waals surface area contributed by atoms with Crippen LogP contribution < -0.4 is 10.2 Å². The second-order valence-electron chi connectivity index (χ2n) is 7.32. The largest absolute Gasteiger partial charge is 0.391 e. The van der Waals surface area contributed by atoms with Crippen molar-refractivity contribution in [1.29, 1.82) is 0 Å². The Labute approximate surface area is 133 Å². The molecule has 0 saturated carbocycles. The van der Waals surface area contributed by atoms with Crippen molar-refractivity contribution in [1.82, 2.24) is 10.2 Å². The molecule has 3 aliphatic heterocycles.